The molecule has 0 spiro atoms. The van der Waals surface area contributed by atoms with E-state index < -0.39 is 0 Å². The number of anilines is 1. The average molecular weight is 417 g/mol. The van der Waals surface area contributed by atoms with E-state index in [1.165, 1.54) is 0 Å². The van der Waals surface area contributed by atoms with Crippen molar-refractivity contribution >= 4 is 32.7 Å². The van der Waals surface area contributed by atoms with Crippen molar-refractivity contribution < 1.29 is 4.79 Å². The molecule has 1 aliphatic heterocycles. The van der Waals surface area contributed by atoms with Crippen molar-refractivity contribution in [2.24, 2.45) is 0 Å². The number of benzene rings is 1. The van der Waals surface area contributed by atoms with Gasteiger partial charge >= 0.3 is 0 Å². The van der Waals surface area contributed by atoms with Crippen molar-refractivity contribution in [1.82, 2.24) is 19.9 Å². The molecule has 0 unspecified atom stereocenters. The smallest absolute Gasteiger partial charge is 0.261 e. The number of hydrogen-bond acceptors (Lipinski definition) is 6. The first-order valence-electron chi connectivity index (χ1n) is 9.73. The zero-order valence-corrected chi connectivity index (χ0v) is 16.9. The van der Waals surface area contributed by atoms with Gasteiger partial charge in [0.05, 0.1) is 0 Å². The summed E-state index contributed by atoms with van der Waals surface area (Å²) in [5.41, 5.74) is 2.31. The summed E-state index contributed by atoms with van der Waals surface area (Å²) >= 11 is 1.56. The number of nitrogens with one attached hydrogen (secondary N) is 1. The van der Waals surface area contributed by atoms with Gasteiger partial charge in [-0.15, -0.1) is 0 Å². The van der Waals surface area contributed by atoms with Crippen molar-refractivity contribution in [3.8, 4) is 11.3 Å². The lowest BCUT2D eigenvalue weighted by Gasteiger charge is -2.34. The van der Waals surface area contributed by atoms with E-state index >= 15 is 0 Å². The maximum atomic E-state index is 12.9. The van der Waals surface area contributed by atoms with Crippen LogP contribution in [0.25, 0.3) is 21.6 Å². The number of piperazine rings is 1. The molecule has 30 heavy (non-hydrogen) atoms. The van der Waals surface area contributed by atoms with Gasteiger partial charge in [0.2, 0.25) is 0 Å². The van der Waals surface area contributed by atoms with Crippen LogP contribution < -0.4 is 10.5 Å². The number of H-pyrrole nitrogens is 1. The second-order valence-corrected chi connectivity index (χ2v) is 8.04. The van der Waals surface area contributed by atoms with Crippen LogP contribution in [-0.2, 0) is 0 Å². The second kappa shape index (κ2) is 7.72. The van der Waals surface area contributed by atoms with Crippen LogP contribution in [0.5, 0.6) is 0 Å². The lowest BCUT2D eigenvalue weighted by atomic mass is 10.1. The summed E-state index contributed by atoms with van der Waals surface area (Å²) in [6, 6.07) is 16.8. The number of amides is 1. The Labute approximate surface area is 176 Å². The molecule has 0 bridgehead atoms. The Morgan fingerprint density at radius 1 is 0.967 bits per heavy atom. The fraction of sp³-hybridized carbons (Fsp3) is 0.182. The van der Waals surface area contributed by atoms with Crippen LogP contribution in [0.3, 0.4) is 0 Å². The molecular weight excluding hydrogens is 398 g/mol. The molecule has 5 rings (SSSR count). The maximum absolute atomic E-state index is 12.9. The molecule has 1 saturated heterocycles. The van der Waals surface area contributed by atoms with Crippen LogP contribution in [-0.4, -0.2) is 51.9 Å². The number of thiazole rings is 1. The third-order valence-corrected chi connectivity index (χ3v) is 6.26. The van der Waals surface area contributed by atoms with Crippen molar-refractivity contribution in [1.29, 1.82) is 0 Å². The molecule has 8 heteroatoms. The average Bonchev–Trinajstić information content (AvgIpc) is 3.24. The third-order valence-electron chi connectivity index (χ3n) is 5.22. The summed E-state index contributed by atoms with van der Waals surface area (Å²) in [4.78, 5) is 42.1. The van der Waals surface area contributed by atoms with Gasteiger partial charge < -0.3 is 14.8 Å². The number of carbonyl (C=O) groups is 1. The van der Waals surface area contributed by atoms with Crippen LogP contribution in [0.1, 0.15) is 10.4 Å². The summed E-state index contributed by atoms with van der Waals surface area (Å²) < 4.78 is 0. The lowest BCUT2D eigenvalue weighted by molar-refractivity contribution is 0.0745. The number of fused-ring (bicyclic) bond motifs is 1. The van der Waals surface area contributed by atoms with Crippen LogP contribution >= 0.6 is 11.3 Å². The van der Waals surface area contributed by atoms with E-state index in [2.05, 4.69) is 19.9 Å². The SMILES string of the molecule is O=C(c1ccc(-c2ccccc2)[nH]c1=O)N1CCN(c2nc3cccnc3s2)CC1. The monoisotopic (exact) mass is 417 g/mol. The van der Waals surface area contributed by atoms with Crippen molar-refractivity contribution in [3.63, 3.8) is 0 Å². The van der Waals surface area contributed by atoms with Crippen LogP contribution in [0.4, 0.5) is 5.13 Å². The second-order valence-electron chi connectivity index (χ2n) is 7.08. The molecule has 7 nitrogen and oxygen atoms in total. The van der Waals surface area contributed by atoms with Gasteiger partial charge in [-0.05, 0) is 29.8 Å². The Balaban J connectivity index is 1.29. The largest absolute Gasteiger partial charge is 0.344 e. The number of pyridine rings is 2. The molecule has 4 heterocycles. The Morgan fingerprint density at radius 3 is 2.50 bits per heavy atom. The van der Waals surface area contributed by atoms with Crippen LogP contribution in [0.2, 0.25) is 0 Å². The van der Waals surface area contributed by atoms with E-state index in [9.17, 15) is 9.59 Å². The molecule has 1 N–H and O–H groups in total. The first kappa shape index (κ1) is 18.5. The predicted octanol–water partition coefficient (Wildman–Crippen LogP) is 3.01. The van der Waals surface area contributed by atoms with Gasteiger partial charge in [-0.3, -0.25) is 9.59 Å². The number of carbonyl (C=O) groups excluding carboxylic acids is 1. The normalized spacial score (nSPS) is 14.3. The predicted molar refractivity (Wildman–Crippen MR) is 118 cm³/mol. The standard InChI is InChI=1S/C22H19N5O2S/c28-19-16(8-9-17(24-19)15-5-2-1-3-6-15)21(29)26-11-13-27(14-12-26)22-25-18-7-4-10-23-20(18)30-22/h1-10H,11-14H2,(H,24,28). The van der Waals surface area contributed by atoms with E-state index in [4.69, 9.17) is 0 Å². The molecule has 0 aliphatic carbocycles. The van der Waals surface area contributed by atoms with Gasteiger partial charge in [0.15, 0.2) is 5.13 Å². The number of hydrogen-bond donors (Lipinski definition) is 1. The molecule has 150 valence electrons. The number of aromatic amines is 1. The van der Waals surface area contributed by atoms with Gasteiger partial charge in [0.25, 0.3) is 11.5 Å². The highest BCUT2D eigenvalue weighted by molar-refractivity contribution is 7.21. The fourth-order valence-corrected chi connectivity index (χ4v) is 4.55. The summed E-state index contributed by atoms with van der Waals surface area (Å²) in [7, 11) is 0. The fourth-order valence-electron chi connectivity index (χ4n) is 3.59. The summed E-state index contributed by atoms with van der Waals surface area (Å²) in [5.74, 6) is -0.235. The third kappa shape index (κ3) is 3.46. The minimum atomic E-state index is -0.360. The van der Waals surface area contributed by atoms with E-state index in [-0.39, 0.29) is 17.0 Å². The molecule has 0 atom stereocenters. The minimum absolute atomic E-state index is 0.173. The van der Waals surface area contributed by atoms with Gasteiger partial charge in [-0.25, -0.2) is 9.97 Å². The number of nitrogens with zero attached hydrogens (tertiary/aromatic N) is 4. The molecule has 1 amide bonds. The zero-order chi connectivity index (χ0) is 20.5. The van der Waals surface area contributed by atoms with E-state index in [0.29, 0.717) is 31.9 Å². The van der Waals surface area contributed by atoms with E-state index in [1.807, 2.05) is 42.5 Å². The summed E-state index contributed by atoms with van der Waals surface area (Å²) in [5, 5.41) is 0.917. The molecule has 3 aromatic heterocycles. The highest BCUT2D eigenvalue weighted by Gasteiger charge is 2.25. The minimum Gasteiger partial charge on any atom is -0.344 e. The van der Waals surface area contributed by atoms with Gasteiger partial charge in [0, 0.05) is 38.1 Å². The highest BCUT2D eigenvalue weighted by Crippen LogP contribution is 2.27. The van der Waals surface area contributed by atoms with Gasteiger partial charge in [0.1, 0.15) is 15.9 Å². The van der Waals surface area contributed by atoms with Crippen LogP contribution in [0, 0.1) is 0 Å². The summed E-state index contributed by atoms with van der Waals surface area (Å²) in [6.07, 6.45) is 1.77. The van der Waals surface area contributed by atoms with E-state index in [0.717, 1.165) is 21.0 Å². The quantitative estimate of drug-likeness (QED) is 0.554. The van der Waals surface area contributed by atoms with Crippen LogP contribution in [0.15, 0.2) is 65.6 Å². The zero-order valence-electron chi connectivity index (χ0n) is 16.1. The molecule has 0 radical (unpaired) electrons. The molecule has 4 aromatic rings. The highest BCUT2D eigenvalue weighted by atomic mass is 32.1. The Kier molecular flexibility index (Phi) is 4.76. The Hall–Kier alpha value is -3.52. The number of aromatic nitrogens is 3. The Morgan fingerprint density at radius 2 is 1.77 bits per heavy atom. The topological polar surface area (TPSA) is 82.2 Å². The van der Waals surface area contributed by atoms with Crippen molar-refractivity contribution in [3.05, 3.63) is 76.7 Å². The molecular formula is C22H19N5O2S. The number of rotatable bonds is 3. The first-order chi connectivity index (χ1) is 14.7. The van der Waals surface area contributed by atoms with Gasteiger partial charge in [-0.1, -0.05) is 41.7 Å². The van der Waals surface area contributed by atoms with Crippen molar-refractivity contribution in [2.45, 2.75) is 0 Å². The van der Waals surface area contributed by atoms with E-state index in [1.54, 1.807) is 34.6 Å². The molecule has 1 fully saturated rings. The molecule has 0 saturated carbocycles. The lowest BCUT2D eigenvalue weighted by Crippen LogP contribution is -2.49. The van der Waals surface area contributed by atoms with Gasteiger partial charge in [-0.2, -0.15) is 0 Å². The first-order valence-corrected chi connectivity index (χ1v) is 10.6. The molecule has 1 aliphatic rings. The Bertz CT molecular complexity index is 1230. The maximum Gasteiger partial charge on any atom is 0.261 e. The van der Waals surface area contributed by atoms with Crippen molar-refractivity contribution in [2.75, 3.05) is 31.1 Å². The summed E-state index contributed by atoms with van der Waals surface area (Å²) in [6.45, 7) is 2.43. The molecule has 1 aromatic carbocycles.